The first-order valence-electron chi connectivity index (χ1n) is 7.97. The predicted molar refractivity (Wildman–Crippen MR) is 97.4 cm³/mol. The summed E-state index contributed by atoms with van der Waals surface area (Å²) in [6, 6.07) is 23.4. The smallest absolute Gasteiger partial charge is 0.194 e. The van der Waals surface area contributed by atoms with Crippen LogP contribution in [0.5, 0.6) is 0 Å². The fourth-order valence-electron chi connectivity index (χ4n) is 2.68. The molecule has 0 amide bonds. The van der Waals surface area contributed by atoms with Crippen LogP contribution in [0.4, 0.5) is 5.82 Å². The van der Waals surface area contributed by atoms with Crippen molar-refractivity contribution in [1.29, 1.82) is 0 Å². The summed E-state index contributed by atoms with van der Waals surface area (Å²) in [5, 5.41) is 0. The van der Waals surface area contributed by atoms with Crippen molar-refractivity contribution < 1.29 is 4.79 Å². The Kier molecular flexibility index (Phi) is 4.71. The molecule has 0 bridgehead atoms. The molecule has 0 unspecified atom stereocenters. The van der Waals surface area contributed by atoms with Crippen LogP contribution in [0.25, 0.3) is 0 Å². The fraction of sp³-hybridized carbons (Fsp3) is 0.143. The molecule has 1 heterocycles. The zero-order valence-electron chi connectivity index (χ0n) is 13.9. The zero-order valence-corrected chi connectivity index (χ0v) is 13.9. The van der Waals surface area contributed by atoms with E-state index in [-0.39, 0.29) is 5.78 Å². The predicted octanol–water partition coefficient (Wildman–Crippen LogP) is 4.26. The van der Waals surface area contributed by atoms with Crippen LogP contribution < -0.4 is 4.90 Å². The maximum absolute atomic E-state index is 12.6. The number of hydrogen-bond donors (Lipinski definition) is 0. The number of anilines is 1. The van der Waals surface area contributed by atoms with Gasteiger partial charge >= 0.3 is 0 Å². The van der Waals surface area contributed by atoms with Crippen molar-refractivity contribution in [2.75, 3.05) is 11.9 Å². The summed E-state index contributed by atoms with van der Waals surface area (Å²) >= 11 is 0. The van der Waals surface area contributed by atoms with Crippen molar-refractivity contribution in [3.63, 3.8) is 0 Å². The largest absolute Gasteiger partial charge is 0.355 e. The molecule has 0 N–H and O–H groups in total. The quantitative estimate of drug-likeness (QED) is 0.660. The molecule has 24 heavy (non-hydrogen) atoms. The highest BCUT2D eigenvalue weighted by atomic mass is 16.1. The number of nitrogens with zero attached hydrogens (tertiary/aromatic N) is 2. The third-order valence-corrected chi connectivity index (χ3v) is 4.01. The molecule has 2 aromatic carbocycles. The Morgan fingerprint density at radius 1 is 0.917 bits per heavy atom. The molecule has 0 fully saturated rings. The van der Waals surface area contributed by atoms with Gasteiger partial charge in [0.25, 0.3) is 0 Å². The second kappa shape index (κ2) is 7.09. The maximum Gasteiger partial charge on any atom is 0.194 e. The average molecular weight is 316 g/mol. The van der Waals surface area contributed by atoms with Crippen molar-refractivity contribution in [3.8, 4) is 0 Å². The average Bonchev–Trinajstić information content (AvgIpc) is 2.62. The van der Waals surface area contributed by atoms with Crippen molar-refractivity contribution in [2.24, 2.45) is 0 Å². The number of carbonyl (C=O) groups is 1. The Bertz CT molecular complexity index is 829. The van der Waals surface area contributed by atoms with Gasteiger partial charge in [0.2, 0.25) is 0 Å². The molecule has 0 aliphatic heterocycles. The van der Waals surface area contributed by atoms with Gasteiger partial charge in [-0.25, -0.2) is 4.98 Å². The van der Waals surface area contributed by atoms with Gasteiger partial charge in [0.05, 0.1) is 5.69 Å². The van der Waals surface area contributed by atoms with Crippen molar-refractivity contribution in [1.82, 2.24) is 4.98 Å². The van der Waals surface area contributed by atoms with Crippen LogP contribution >= 0.6 is 0 Å². The summed E-state index contributed by atoms with van der Waals surface area (Å²) in [5.41, 5.74) is 3.32. The van der Waals surface area contributed by atoms with E-state index in [0.717, 1.165) is 18.1 Å². The summed E-state index contributed by atoms with van der Waals surface area (Å²) in [7, 11) is 2.01. The third kappa shape index (κ3) is 3.51. The Morgan fingerprint density at radius 3 is 2.17 bits per heavy atom. The minimum atomic E-state index is 0.0119. The molecule has 0 atom stereocenters. The van der Waals surface area contributed by atoms with E-state index in [2.05, 4.69) is 22.0 Å². The second-order valence-electron chi connectivity index (χ2n) is 5.84. The highest BCUT2D eigenvalue weighted by molar-refractivity contribution is 6.09. The van der Waals surface area contributed by atoms with E-state index < -0.39 is 0 Å². The molecule has 3 rings (SSSR count). The van der Waals surface area contributed by atoms with Gasteiger partial charge in [-0.3, -0.25) is 4.79 Å². The maximum atomic E-state index is 12.6. The van der Waals surface area contributed by atoms with E-state index in [1.807, 2.05) is 74.6 Å². The normalized spacial score (nSPS) is 10.4. The van der Waals surface area contributed by atoms with E-state index in [1.54, 1.807) is 0 Å². The van der Waals surface area contributed by atoms with Gasteiger partial charge in [0.1, 0.15) is 5.82 Å². The molecule has 0 aliphatic rings. The van der Waals surface area contributed by atoms with Crippen molar-refractivity contribution in [3.05, 3.63) is 95.2 Å². The van der Waals surface area contributed by atoms with Crippen LogP contribution in [-0.2, 0) is 6.54 Å². The minimum absolute atomic E-state index is 0.0119. The number of benzene rings is 2. The van der Waals surface area contributed by atoms with Gasteiger partial charge in [0.15, 0.2) is 5.78 Å². The van der Waals surface area contributed by atoms with Crippen LogP contribution in [0.1, 0.15) is 27.2 Å². The molecule has 0 radical (unpaired) electrons. The van der Waals surface area contributed by atoms with E-state index in [4.69, 9.17) is 0 Å². The lowest BCUT2D eigenvalue weighted by Gasteiger charge is -2.19. The lowest BCUT2D eigenvalue weighted by molar-refractivity contribution is 0.103. The molecule has 0 aliphatic carbocycles. The molecule has 3 nitrogen and oxygen atoms in total. The van der Waals surface area contributed by atoms with Crippen LogP contribution in [-0.4, -0.2) is 17.8 Å². The standard InChI is InChI=1S/C21H20N2O/c1-16-19(21(24)18-11-7-4-8-12-18)13-14-20(22-16)23(2)15-17-9-5-3-6-10-17/h3-14H,15H2,1-2H3. The molecule has 0 saturated heterocycles. The summed E-state index contributed by atoms with van der Waals surface area (Å²) < 4.78 is 0. The Hall–Kier alpha value is -2.94. The van der Waals surface area contributed by atoms with Crippen LogP contribution in [0.2, 0.25) is 0 Å². The van der Waals surface area contributed by atoms with Crippen molar-refractivity contribution >= 4 is 11.6 Å². The van der Waals surface area contributed by atoms with Crippen molar-refractivity contribution in [2.45, 2.75) is 13.5 Å². The lowest BCUT2D eigenvalue weighted by atomic mass is 10.0. The Morgan fingerprint density at radius 2 is 1.54 bits per heavy atom. The highest BCUT2D eigenvalue weighted by Crippen LogP contribution is 2.18. The monoisotopic (exact) mass is 316 g/mol. The van der Waals surface area contributed by atoms with Crippen LogP contribution in [0, 0.1) is 6.92 Å². The van der Waals surface area contributed by atoms with E-state index in [0.29, 0.717) is 11.1 Å². The van der Waals surface area contributed by atoms with E-state index in [9.17, 15) is 4.79 Å². The van der Waals surface area contributed by atoms with Gasteiger partial charge in [-0.1, -0.05) is 60.7 Å². The summed E-state index contributed by atoms with van der Waals surface area (Å²) in [4.78, 5) is 19.3. The Labute approximate surface area is 142 Å². The molecule has 0 saturated carbocycles. The molecule has 3 aromatic rings. The number of aromatic nitrogens is 1. The molecular weight excluding hydrogens is 296 g/mol. The zero-order chi connectivity index (χ0) is 16.9. The summed E-state index contributed by atoms with van der Waals surface area (Å²) in [6.45, 7) is 2.66. The first kappa shape index (κ1) is 15.9. The SMILES string of the molecule is Cc1nc(N(C)Cc2ccccc2)ccc1C(=O)c1ccccc1. The molecule has 3 heteroatoms. The molecular formula is C21H20N2O. The van der Waals surface area contributed by atoms with Crippen LogP contribution in [0.15, 0.2) is 72.8 Å². The second-order valence-corrected chi connectivity index (χ2v) is 5.84. The molecule has 120 valence electrons. The van der Waals surface area contributed by atoms with Crippen LogP contribution in [0.3, 0.4) is 0 Å². The highest BCUT2D eigenvalue weighted by Gasteiger charge is 2.14. The number of hydrogen-bond acceptors (Lipinski definition) is 3. The fourth-order valence-corrected chi connectivity index (χ4v) is 2.68. The number of pyridine rings is 1. The summed E-state index contributed by atoms with van der Waals surface area (Å²) in [6.07, 6.45) is 0. The Balaban J connectivity index is 1.81. The lowest BCUT2D eigenvalue weighted by Crippen LogP contribution is -2.18. The van der Waals surface area contributed by atoms with Gasteiger partial charge in [-0.2, -0.15) is 0 Å². The minimum Gasteiger partial charge on any atom is -0.355 e. The van der Waals surface area contributed by atoms with E-state index in [1.165, 1.54) is 5.56 Å². The molecule has 1 aromatic heterocycles. The van der Waals surface area contributed by atoms with E-state index >= 15 is 0 Å². The van der Waals surface area contributed by atoms with Gasteiger partial charge in [-0.05, 0) is 24.6 Å². The third-order valence-electron chi connectivity index (χ3n) is 4.01. The molecule has 0 spiro atoms. The number of carbonyl (C=O) groups excluding carboxylic acids is 1. The summed E-state index contributed by atoms with van der Waals surface area (Å²) in [5.74, 6) is 0.874. The number of rotatable bonds is 5. The number of ketones is 1. The van der Waals surface area contributed by atoms with Gasteiger partial charge < -0.3 is 4.90 Å². The number of aryl methyl sites for hydroxylation is 1. The van der Waals surface area contributed by atoms with Gasteiger partial charge in [0, 0.05) is 24.7 Å². The first-order valence-corrected chi connectivity index (χ1v) is 7.97. The topological polar surface area (TPSA) is 33.2 Å². The van der Waals surface area contributed by atoms with Gasteiger partial charge in [-0.15, -0.1) is 0 Å². The first-order chi connectivity index (χ1) is 11.6.